The Morgan fingerprint density at radius 1 is 0.750 bits per heavy atom. The van der Waals surface area contributed by atoms with E-state index in [9.17, 15) is 9.59 Å². The molecule has 0 aliphatic rings. The van der Waals surface area contributed by atoms with Crippen molar-refractivity contribution in [3.05, 3.63) is 71.3 Å². The van der Waals surface area contributed by atoms with E-state index in [-0.39, 0.29) is 12.4 Å². The van der Waals surface area contributed by atoms with Crippen LogP contribution in [0.2, 0.25) is 0 Å². The fraction of sp³-hybridized carbons (Fsp3) is 0.391. The van der Waals surface area contributed by atoms with Crippen molar-refractivity contribution < 1.29 is 24.1 Å². The lowest BCUT2D eigenvalue weighted by Gasteiger charge is -2.29. The predicted molar refractivity (Wildman–Crippen MR) is 107 cm³/mol. The maximum absolute atomic E-state index is 12.4. The number of hydrogen-bond acceptors (Lipinski definition) is 5. The summed E-state index contributed by atoms with van der Waals surface area (Å²) in [5.74, 6) is -0.573. The van der Waals surface area contributed by atoms with Crippen LogP contribution in [0.1, 0.15) is 67.3 Å². The molecule has 0 amide bonds. The van der Waals surface area contributed by atoms with Crippen LogP contribution in [0.4, 0.5) is 0 Å². The predicted octanol–water partition coefficient (Wildman–Crippen LogP) is 4.99. The molecular formula is C23H28O5. The number of ketones is 1. The van der Waals surface area contributed by atoms with Crippen molar-refractivity contribution in [3.8, 4) is 0 Å². The van der Waals surface area contributed by atoms with Gasteiger partial charge in [0.1, 0.15) is 12.2 Å². The summed E-state index contributed by atoms with van der Waals surface area (Å²) in [5, 5.41) is 0. The van der Waals surface area contributed by atoms with E-state index in [1.165, 1.54) is 0 Å². The van der Waals surface area contributed by atoms with Crippen molar-refractivity contribution in [3.63, 3.8) is 0 Å². The largest absolute Gasteiger partial charge is 0.459 e. The Kier molecular flexibility index (Phi) is 7.11. The van der Waals surface area contributed by atoms with Gasteiger partial charge in [-0.3, -0.25) is 4.79 Å². The SMILES string of the molecule is CCC(C)(C)OOC(C)(C)COC(=O)c1ccc(C(=O)c2ccccc2)cc1. The maximum atomic E-state index is 12.4. The number of carbonyl (C=O) groups excluding carboxylic acids is 2. The fourth-order valence-electron chi connectivity index (χ4n) is 2.15. The third-order valence-electron chi connectivity index (χ3n) is 4.31. The molecular weight excluding hydrogens is 356 g/mol. The van der Waals surface area contributed by atoms with Crippen LogP contribution in [-0.2, 0) is 14.5 Å². The van der Waals surface area contributed by atoms with Gasteiger partial charge in [-0.2, -0.15) is 0 Å². The summed E-state index contributed by atoms with van der Waals surface area (Å²) in [6.07, 6.45) is 0.789. The normalized spacial score (nSPS) is 11.9. The van der Waals surface area contributed by atoms with Gasteiger partial charge in [0, 0.05) is 11.1 Å². The Balaban J connectivity index is 1.93. The Bertz CT molecular complexity index is 792. The van der Waals surface area contributed by atoms with E-state index in [2.05, 4.69) is 0 Å². The van der Waals surface area contributed by atoms with Crippen molar-refractivity contribution in [1.29, 1.82) is 0 Å². The van der Waals surface area contributed by atoms with E-state index in [0.717, 1.165) is 6.42 Å². The smallest absolute Gasteiger partial charge is 0.338 e. The van der Waals surface area contributed by atoms with Crippen molar-refractivity contribution in [1.82, 2.24) is 0 Å². The number of benzene rings is 2. The molecule has 5 heteroatoms. The van der Waals surface area contributed by atoms with Crippen molar-refractivity contribution >= 4 is 11.8 Å². The lowest BCUT2D eigenvalue weighted by Crippen LogP contribution is -2.36. The minimum atomic E-state index is -0.786. The Hall–Kier alpha value is -2.50. The summed E-state index contributed by atoms with van der Waals surface area (Å²) < 4.78 is 5.35. The van der Waals surface area contributed by atoms with E-state index in [4.69, 9.17) is 14.5 Å². The Morgan fingerprint density at radius 3 is 1.82 bits per heavy atom. The van der Waals surface area contributed by atoms with E-state index in [1.54, 1.807) is 50.2 Å². The first-order valence-electron chi connectivity index (χ1n) is 9.37. The minimum Gasteiger partial charge on any atom is -0.459 e. The molecule has 2 aromatic carbocycles. The number of ether oxygens (including phenoxy) is 1. The zero-order valence-electron chi connectivity index (χ0n) is 17.2. The van der Waals surface area contributed by atoms with Crippen LogP contribution in [0.3, 0.4) is 0 Å². The highest BCUT2D eigenvalue weighted by Gasteiger charge is 2.27. The average molecular weight is 384 g/mol. The average Bonchev–Trinajstić information content (AvgIpc) is 2.71. The first-order valence-corrected chi connectivity index (χ1v) is 9.37. The standard InChI is InChI=1S/C23H28O5/c1-6-22(2,3)27-28-23(4,5)16-26-21(25)19-14-12-18(13-15-19)20(24)17-10-8-7-9-11-17/h7-15H,6,16H2,1-5H3. The molecule has 0 saturated heterocycles. The molecule has 0 N–H and O–H groups in total. The molecule has 0 fully saturated rings. The van der Waals surface area contributed by atoms with Crippen LogP contribution in [0.25, 0.3) is 0 Å². The third-order valence-corrected chi connectivity index (χ3v) is 4.31. The molecule has 0 atom stereocenters. The van der Waals surface area contributed by atoms with E-state index >= 15 is 0 Å². The molecule has 2 aromatic rings. The number of esters is 1. The van der Waals surface area contributed by atoms with Gasteiger partial charge in [-0.15, -0.1) is 0 Å². The van der Waals surface area contributed by atoms with Gasteiger partial charge in [-0.05, 0) is 46.2 Å². The molecule has 150 valence electrons. The zero-order valence-corrected chi connectivity index (χ0v) is 17.2. The third kappa shape index (κ3) is 6.29. The second-order valence-corrected chi connectivity index (χ2v) is 7.89. The maximum Gasteiger partial charge on any atom is 0.338 e. The van der Waals surface area contributed by atoms with Gasteiger partial charge >= 0.3 is 5.97 Å². The quantitative estimate of drug-likeness (QED) is 0.264. The summed E-state index contributed by atoms with van der Waals surface area (Å²) in [4.78, 5) is 35.6. The van der Waals surface area contributed by atoms with Crippen LogP contribution in [0.5, 0.6) is 0 Å². The molecule has 0 saturated carbocycles. The first-order chi connectivity index (χ1) is 13.1. The van der Waals surface area contributed by atoms with E-state index in [1.807, 2.05) is 39.0 Å². The highest BCUT2D eigenvalue weighted by Crippen LogP contribution is 2.20. The summed E-state index contributed by atoms with van der Waals surface area (Å²) in [6.45, 7) is 9.46. The molecule has 0 radical (unpaired) electrons. The highest BCUT2D eigenvalue weighted by molar-refractivity contribution is 6.09. The van der Waals surface area contributed by atoms with Gasteiger partial charge in [-0.25, -0.2) is 14.6 Å². The van der Waals surface area contributed by atoms with Crippen LogP contribution in [0.15, 0.2) is 54.6 Å². The molecule has 0 aliphatic heterocycles. The minimum absolute atomic E-state index is 0.0380. The summed E-state index contributed by atoms with van der Waals surface area (Å²) in [6, 6.07) is 15.4. The zero-order chi connectivity index (χ0) is 20.8. The number of hydrogen-bond donors (Lipinski definition) is 0. The van der Waals surface area contributed by atoms with Gasteiger partial charge in [0.25, 0.3) is 0 Å². The van der Waals surface area contributed by atoms with Gasteiger partial charge in [0.15, 0.2) is 5.78 Å². The fourth-order valence-corrected chi connectivity index (χ4v) is 2.15. The van der Waals surface area contributed by atoms with Crippen LogP contribution in [-0.4, -0.2) is 29.6 Å². The van der Waals surface area contributed by atoms with Crippen LogP contribution in [0, 0.1) is 0 Å². The van der Waals surface area contributed by atoms with Crippen molar-refractivity contribution in [2.45, 2.75) is 52.2 Å². The molecule has 0 heterocycles. The van der Waals surface area contributed by atoms with Gasteiger partial charge in [0.05, 0.1) is 11.2 Å². The molecule has 0 aromatic heterocycles. The summed E-state index contributed by atoms with van der Waals surface area (Å²) in [5.41, 5.74) is 0.289. The monoisotopic (exact) mass is 384 g/mol. The summed E-state index contributed by atoms with van der Waals surface area (Å²) in [7, 11) is 0. The van der Waals surface area contributed by atoms with Crippen molar-refractivity contribution in [2.75, 3.05) is 6.61 Å². The highest BCUT2D eigenvalue weighted by atomic mass is 17.2. The molecule has 28 heavy (non-hydrogen) atoms. The second-order valence-electron chi connectivity index (χ2n) is 7.89. The number of rotatable bonds is 9. The molecule has 0 unspecified atom stereocenters. The van der Waals surface area contributed by atoms with E-state index in [0.29, 0.717) is 16.7 Å². The first kappa shape index (κ1) is 21.8. The Morgan fingerprint density at radius 2 is 1.25 bits per heavy atom. The molecule has 0 aliphatic carbocycles. The van der Waals surface area contributed by atoms with Crippen LogP contribution < -0.4 is 0 Å². The van der Waals surface area contributed by atoms with Gasteiger partial charge in [0.2, 0.25) is 0 Å². The molecule has 5 nitrogen and oxygen atoms in total. The van der Waals surface area contributed by atoms with E-state index < -0.39 is 17.2 Å². The van der Waals surface area contributed by atoms with Gasteiger partial charge in [-0.1, -0.05) is 49.4 Å². The summed E-state index contributed by atoms with van der Waals surface area (Å²) >= 11 is 0. The second kappa shape index (κ2) is 9.13. The molecule has 0 bridgehead atoms. The number of carbonyl (C=O) groups is 2. The molecule has 0 spiro atoms. The van der Waals surface area contributed by atoms with Gasteiger partial charge < -0.3 is 4.74 Å². The van der Waals surface area contributed by atoms with Crippen LogP contribution >= 0.6 is 0 Å². The lowest BCUT2D eigenvalue weighted by molar-refractivity contribution is -0.404. The molecule has 2 rings (SSSR count). The Labute approximate surface area is 166 Å². The lowest BCUT2D eigenvalue weighted by atomic mass is 10.0. The van der Waals surface area contributed by atoms with Crippen molar-refractivity contribution in [2.24, 2.45) is 0 Å². The topological polar surface area (TPSA) is 61.8 Å².